The Balaban J connectivity index is 2.18. The predicted octanol–water partition coefficient (Wildman–Crippen LogP) is 2.43. The quantitative estimate of drug-likeness (QED) is 0.857. The Hall–Kier alpha value is -0.960. The first-order valence-electron chi connectivity index (χ1n) is 5.39. The molecule has 0 amide bonds. The van der Waals surface area contributed by atoms with E-state index < -0.39 is 10.0 Å². The van der Waals surface area contributed by atoms with Crippen molar-refractivity contribution < 1.29 is 8.42 Å². The van der Waals surface area contributed by atoms with Crippen molar-refractivity contribution in [2.45, 2.75) is 11.4 Å². The highest BCUT2D eigenvalue weighted by Gasteiger charge is 2.18. The number of anilines is 1. The molecule has 0 saturated heterocycles. The van der Waals surface area contributed by atoms with Gasteiger partial charge < -0.3 is 5.32 Å². The van der Waals surface area contributed by atoms with Crippen LogP contribution in [0.3, 0.4) is 0 Å². The van der Waals surface area contributed by atoms with Crippen LogP contribution in [0.2, 0.25) is 0 Å². The Bertz CT molecular complexity index is 670. The zero-order valence-corrected chi connectivity index (χ0v) is 13.3. The van der Waals surface area contributed by atoms with Crippen LogP contribution in [0.25, 0.3) is 0 Å². The molecule has 0 bridgehead atoms. The van der Waals surface area contributed by atoms with E-state index in [4.69, 9.17) is 0 Å². The molecular weight excluding hydrogens is 350 g/mol. The Kier molecular flexibility index (Phi) is 4.56. The number of nitrogens with one attached hydrogen (secondary N) is 2. The van der Waals surface area contributed by atoms with Crippen molar-refractivity contribution in [3.05, 3.63) is 39.1 Å². The molecule has 2 N–H and O–H groups in total. The number of rotatable bonds is 5. The predicted molar refractivity (Wildman–Crippen MR) is 79.8 cm³/mol. The summed E-state index contributed by atoms with van der Waals surface area (Å²) in [6.45, 7) is 0.261. The monoisotopic (exact) mass is 361 g/mol. The topological polar surface area (TPSA) is 71.1 Å². The van der Waals surface area contributed by atoms with Gasteiger partial charge in [0.2, 0.25) is 10.0 Å². The maximum absolute atomic E-state index is 12.2. The molecule has 2 rings (SSSR count). The van der Waals surface area contributed by atoms with E-state index in [9.17, 15) is 8.42 Å². The van der Waals surface area contributed by atoms with Crippen LogP contribution < -0.4 is 10.0 Å². The normalized spacial score (nSPS) is 11.5. The van der Waals surface area contributed by atoms with E-state index in [1.807, 2.05) is 12.1 Å². The van der Waals surface area contributed by atoms with Crippen molar-refractivity contribution in [2.75, 3.05) is 12.4 Å². The molecule has 0 spiro atoms. The zero-order valence-electron chi connectivity index (χ0n) is 10.1. The lowest BCUT2D eigenvalue weighted by Gasteiger charge is -2.09. The maximum Gasteiger partial charge on any atom is 0.244 e. The van der Waals surface area contributed by atoms with Crippen molar-refractivity contribution in [2.24, 2.45) is 0 Å². The molecule has 0 aliphatic heterocycles. The lowest BCUT2D eigenvalue weighted by Crippen LogP contribution is -2.24. The van der Waals surface area contributed by atoms with Gasteiger partial charge in [-0.25, -0.2) is 18.1 Å². The van der Waals surface area contributed by atoms with Gasteiger partial charge in [-0.1, -0.05) is 0 Å². The second-order valence-corrected chi connectivity index (χ2v) is 7.91. The standard InChI is InChI=1S/C11H12BrN3O2S2/c1-13-11-9(3-2-6-14-11)19(16,17)15-7-8-4-5-10(12)18-8/h2-6,15H,7H2,1H3,(H,13,14). The fourth-order valence-corrected chi connectivity index (χ4v) is 4.17. The highest BCUT2D eigenvalue weighted by Crippen LogP contribution is 2.23. The molecular formula is C11H12BrN3O2S2. The summed E-state index contributed by atoms with van der Waals surface area (Å²) in [7, 11) is -1.94. The molecule has 0 aliphatic rings. The van der Waals surface area contributed by atoms with Gasteiger partial charge in [-0.3, -0.25) is 0 Å². The average molecular weight is 362 g/mol. The van der Waals surface area contributed by atoms with Crippen molar-refractivity contribution in [1.29, 1.82) is 0 Å². The third-order valence-corrected chi connectivity index (χ3v) is 5.42. The Morgan fingerprint density at radius 3 is 2.79 bits per heavy atom. The molecule has 0 unspecified atom stereocenters. The van der Waals surface area contributed by atoms with Crippen LogP contribution in [-0.4, -0.2) is 20.4 Å². The van der Waals surface area contributed by atoms with Crippen molar-refractivity contribution in [1.82, 2.24) is 9.71 Å². The summed E-state index contributed by atoms with van der Waals surface area (Å²) in [6, 6.07) is 6.87. The molecule has 0 fully saturated rings. The molecule has 19 heavy (non-hydrogen) atoms. The summed E-state index contributed by atoms with van der Waals surface area (Å²) < 4.78 is 27.9. The van der Waals surface area contributed by atoms with E-state index >= 15 is 0 Å². The van der Waals surface area contributed by atoms with Crippen LogP contribution in [0, 0.1) is 0 Å². The van der Waals surface area contributed by atoms with Crippen LogP contribution in [0.1, 0.15) is 4.88 Å². The average Bonchev–Trinajstić information content (AvgIpc) is 2.82. The van der Waals surface area contributed by atoms with E-state index in [0.29, 0.717) is 5.82 Å². The number of hydrogen-bond donors (Lipinski definition) is 2. The Morgan fingerprint density at radius 2 is 2.16 bits per heavy atom. The van der Waals surface area contributed by atoms with Gasteiger partial charge in [0.25, 0.3) is 0 Å². The summed E-state index contributed by atoms with van der Waals surface area (Å²) in [5.41, 5.74) is 0. The Morgan fingerprint density at radius 1 is 1.37 bits per heavy atom. The molecule has 0 saturated carbocycles. The van der Waals surface area contributed by atoms with Gasteiger partial charge in [0.05, 0.1) is 3.79 Å². The van der Waals surface area contributed by atoms with Crippen LogP contribution >= 0.6 is 27.3 Å². The van der Waals surface area contributed by atoms with E-state index in [1.54, 1.807) is 19.3 Å². The Labute approximate surface area is 124 Å². The van der Waals surface area contributed by atoms with Gasteiger partial charge in [-0.15, -0.1) is 11.3 Å². The number of thiophene rings is 1. The van der Waals surface area contributed by atoms with Gasteiger partial charge in [0, 0.05) is 24.7 Å². The third-order valence-electron chi connectivity index (χ3n) is 2.36. The van der Waals surface area contributed by atoms with E-state index in [-0.39, 0.29) is 11.4 Å². The summed E-state index contributed by atoms with van der Waals surface area (Å²) >= 11 is 4.83. The molecule has 0 atom stereocenters. The highest BCUT2D eigenvalue weighted by atomic mass is 79.9. The summed E-state index contributed by atoms with van der Waals surface area (Å²) in [4.78, 5) is 5.07. The van der Waals surface area contributed by atoms with Gasteiger partial charge >= 0.3 is 0 Å². The van der Waals surface area contributed by atoms with Crippen molar-refractivity contribution in [3.63, 3.8) is 0 Å². The maximum atomic E-state index is 12.2. The van der Waals surface area contributed by atoms with Gasteiger partial charge in [-0.2, -0.15) is 0 Å². The number of sulfonamides is 1. The van der Waals surface area contributed by atoms with Gasteiger partial charge in [-0.05, 0) is 40.2 Å². The first-order valence-corrected chi connectivity index (χ1v) is 8.49. The lowest BCUT2D eigenvalue weighted by molar-refractivity contribution is 0.582. The molecule has 102 valence electrons. The SMILES string of the molecule is CNc1ncccc1S(=O)(=O)NCc1ccc(Br)s1. The highest BCUT2D eigenvalue weighted by molar-refractivity contribution is 9.11. The number of halogens is 1. The first-order chi connectivity index (χ1) is 9.03. The van der Waals surface area contributed by atoms with Crippen LogP contribution in [-0.2, 0) is 16.6 Å². The van der Waals surface area contributed by atoms with E-state index in [1.165, 1.54) is 17.4 Å². The fraction of sp³-hybridized carbons (Fsp3) is 0.182. The second kappa shape index (κ2) is 6.00. The van der Waals surface area contributed by atoms with Crippen LogP contribution in [0.4, 0.5) is 5.82 Å². The number of pyridine rings is 1. The van der Waals surface area contributed by atoms with Crippen molar-refractivity contribution in [3.8, 4) is 0 Å². The largest absolute Gasteiger partial charge is 0.372 e. The molecule has 0 aliphatic carbocycles. The van der Waals surface area contributed by atoms with Crippen LogP contribution in [0.15, 0.2) is 39.1 Å². The molecule has 2 aromatic heterocycles. The molecule has 8 heteroatoms. The molecule has 2 aromatic rings. The fourth-order valence-electron chi connectivity index (χ4n) is 1.49. The minimum absolute atomic E-state index is 0.146. The van der Waals surface area contributed by atoms with Gasteiger partial charge in [0.1, 0.15) is 10.7 Å². The second-order valence-electron chi connectivity index (χ2n) is 3.63. The minimum atomic E-state index is -3.58. The minimum Gasteiger partial charge on any atom is -0.372 e. The van der Waals surface area contributed by atoms with E-state index in [0.717, 1.165) is 8.66 Å². The molecule has 2 heterocycles. The van der Waals surface area contributed by atoms with E-state index in [2.05, 4.69) is 31.0 Å². The third kappa shape index (κ3) is 3.53. The molecule has 0 radical (unpaired) electrons. The first kappa shape index (κ1) is 14.4. The number of hydrogen-bond acceptors (Lipinski definition) is 5. The van der Waals surface area contributed by atoms with Crippen LogP contribution in [0.5, 0.6) is 0 Å². The number of nitrogens with zero attached hydrogens (tertiary/aromatic N) is 1. The summed E-state index contributed by atoms with van der Waals surface area (Å²) in [6.07, 6.45) is 1.54. The smallest absolute Gasteiger partial charge is 0.244 e. The summed E-state index contributed by atoms with van der Waals surface area (Å²) in [5, 5.41) is 2.77. The zero-order chi connectivity index (χ0) is 13.9. The lowest BCUT2D eigenvalue weighted by atomic mass is 10.5. The van der Waals surface area contributed by atoms with Gasteiger partial charge in [0.15, 0.2) is 0 Å². The number of aromatic nitrogens is 1. The van der Waals surface area contributed by atoms with Crippen molar-refractivity contribution >= 4 is 43.1 Å². The molecule has 0 aromatic carbocycles. The summed E-state index contributed by atoms with van der Waals surface area (Å²) in [5.74, 6) is 0.336. The molecule has 5 nitrogen and oxygen atoms in total.